The van der Waals surface area contributed by atoms with Gasteiger partial charge in [0.05, 0.1) is 29.6 Å². The van der Waals surface area contributed by atoms with Gasteiger partial charge in [-0.2, -0.15) is 0 Å². The maximum atomic E-state index is 13.5. The smallest absolute Gasteiger partial charge is 0.247 e. The average Bonchev–Trinajstić information content (AvgIpc) is 3.55. The van der Waals surface area contributed by atoms with Crippen LogP contribution in [0.15, 0.2) is 24.3 Å². The van der Waals surface area contributed by atoms with Crippen LogP contribution in [0.1, 0.15) is 26.2 Å². The molecule has 1 spiro atoms. The first-order valence-corrected chi connectivity index (χ1v) is 11.3. The Hall–Kier alpha value is -3.05. The van der Waals surface area contributed by atoms with E-state index in [2.05, 4.69) is 20.9 Å². The summed E-state index contributed by atoms with van der Waals surface area (Å²) in [5, 5.41) is 23.4. The molecule has 3 aliphatic rings. The third kappa shape index (κ3) is 2.91. The average molecular weight is 457 g/mol. The predicted octanol–water partition coefficient (Wildman–Crippen LogP) is -0.602. The molecule has 33 heavy (non-hydrogen) atoms. The number of para-hydroxylation sites is 1. The number of carbonyl (C=O) groups is 3. The first kappa shape index (κ1) is 21.8. The maximum absolute atomic E-state index is 13.5. The number of likely N-dealkylation sites (tertiary alicyclic amines) is 1. The van der Waals surface area contributed by atoms with E-state index in [9.17, 15) is 19.5 Å². The highest BCUT2D eigenvalue weighted by molar-refractivity contribution is 5.99. The van der Waals surface area contributed by atoms with Crippen molar-refractivity contribution in [1.82, 2.24) is 30.5 Å². The number of benzene rings is 1. The van der Waals surface area contributed by atoms with Crippen molar-refractivity contribution in [3.8, 4) is 0 Å². The highest BCUT2D eigenvalue weighted by Gasteiger charge is 2.78. The van der Waals surface area contributed by atoms with Crippen LogP contribution in [0.3, 0.4) is 0 Å². The number of nitrogens with one attached hydrogen (secondary N) is 2. The molecule has 3 N–H and O–H groups in total. The fourth-order valence-corrected chi connectivity index (χ4v) is 6.20. The fraction of sp³-hybridized carbons (Fsp3) is 0.591. The summed E-state index contributed by atoms with van der Waals surface area (Å²) in [5.41, 5.74) is -0.397. The largest absolute Gasteiger partial charge is 0.395 e. The van der Waals surface area contributed by atoms with Crippen molar-refractivity contribution in [2.75, 3.05) is 20.2 Å². The van der Waals surface area contributed by atoms with Gasteiger partial charge in [-0.15, -0.1) is 5.10 Å². The van der Waals surface area contributed by atoms with E-state index in [1.54, 1.807) is 11.7 Å². The number of hydrogen-bond donors (Lipinski definition) is 3. The highest BCUT2D eigenvalue weighted by atomic mass is 16.5. The number of nitrogens with zero attached hydrogens (tertiary/aromatic N) is 4. The minimum absolute atomic E-state index is 0.00955. The molecule has 5 rings (SSSR count). The van der Waals surface area contributed by atoms with Crippen LogP contribution >= 0.6 is 0 Å². The predicted molar refractivity (Wildman–Crippen MR) is 115 cm³/mol. The van der Waals surface area contributed by atoms with Gasteiger partial charge >= 0.3 is 0 Å². The zero-order chi connectivity index (χ0) is 23.4. The van der Waals surface area contributed by atoms with Gasteiger partial charge in [-0.05, 0) is 31.4 Å². The number of ether oxygens (including phenoxy) is 1. The number of hydrogen-bond acceptors (Lipinski definition) is 7. The van der Waals surface area contributed by atoms with Crippen molar-refractivity contribution in [3.05, 3.63) is 24.3 Å². The second kappa shape index (κ2) is 7.77. The molecule has 0 radical (unpaired) electrons. The minimum atomic E-state index is -1.10. The molecule has 1 aromatic carbocycles. The number of fused-ring (bicyclic) bond motifs is 2. The second-order valence-corrected chi connectivity index (χ2v) is 8.98. The van der Waals surface area contributed by atoms with Gasteiger partial charge in [-0.3, -0.25) is 14.4 Å². The SMILES string of the molecule is CC[C@]12CCC3(O1)C(C(=O)NCn1nnc4ccccc41)N(CCO)C(=O)[C@@H]3[C@H]2C(=O)NC. The van der Waals surface area contributed by atoms with Crippen molar-refractivity contribution < 1.29 is 24.2 Å². The van der Waals surface area contributed by atoms with E-state index in [4.69, 9.17) is 4.74 Å². The van der Waals surface area contributed by atoms with E-state index in [1.807, 2.05) is 31.2 Å². The van der Waals surface area contributed by atoms with Gasteiger partial charge in [0.2, 0.25) is 17.7 Å². The lowest BCUT2D eigenvalue weighted by atomic mass is 9.65. The van der Waals surface area contributed by atoms with Gasteiger partial charge in [-0.25, -0.2) is 4.68 Å². The Morgan fingerprint density at radius 1 is 1.27 bits per heavy atom. The van der Waals surface area contributed by atoms with E-state index in [0.29, 0.717) is 24.8 Å². The van der Waals surface area contributed by atoms with Crippen LogP contribution in [0.2, 0.25) is 0 Å². The topological polar surface area (TPSA) is 139 Å². The van der Waals surface area contributed by atoms with Crippen LogP contribution in [0, 0.1) is 11.8 Å². The Bertz CT molecular complexity index is 1120. The maximum Gasteiger partial charge on any atom is 0.247 e. The quantitative estimate of drug-likeness (QED) is 0.506. The first-order chi connectivity index (χ1) is 15.9. The molecule has 0 aliphatic carbocycles. The third-order valence-electron chi connectivity index (χ3n) is 7.62. The van der Waals surface area contributed by atoms with Crippen LogP contribution in [0.25, 0.3) is 11.0 Å². The molecule has 1 aromatic heterocycles. The Kier molecular flexibility index (Phi) is 5.13. The van der Waals surface area contributed by atoms with Crippen LogP contribution in [0.5, 0.6) is 0 Å². The number of aromatic nitrogens is 3. The number of aliphatic hydroxyl groups excluding tert-OH is 1. The summed E-state index contributed by atoms with van der Waals surface area (Å²) in [6.07, 6.45) is 1.66. The summed E-state index contributed by atoms with van der Waals surface area (Å²) < 4.78 is 8.12. The molecule has 2 bridgehead atoms. The number of rotatable bonds is 7. The third-order valence-corrected chi connectivity index (χ3v) is 7.62. The van der Waals surface area contributed by atoms with Crippen molar-refractivity contribution in [2.24, 2.45) is 11.8 Å². The molecule has 4 heterocycles. The lowest BCUT2D eigenvalue weighted by Crippen LogP contribution is -2.55. The number of aliphatic hydroxyl groups is 1. The van der Waals surface area contributed by atoms with Gasteiger partial charge in [0.1, 0.15) is 23.8 Å². The van der Waals surface area contributed by atoms with Gasteiger partial charge in [0.15, 0.2) is 0 Å². The number of carbonyl (C=O) groups excluding carboxylic acids is 3. The molecule has 2 aromatic rings. The molecule has 3 saturated heterocycles. The monoisotopic (exact) mass is 456 g/mol. The summed E-state index contributed by atoms with van der Waals surface area (Å²) in [7, 11) is 1.54. The minimum Gasteiger partial charge on any atom is -0.395 e. The molecule has 5 atom stereocenters. The van der Waals surface area contributed by atoms with Gasteiger partial charge in [0, 0.05) is 13.6 Å². The van der Waals surface area contributed by atoms with Crippen LogP contribution in [0.4, 0.5) is 0 Å². The normalized spacial score (nSPS) is 32.4. The van der Waals surface area contributed by atoms with E-state index in [1.165, 1.54) is 4.90 Å². The van der Waals surface area contributed by atoms with Gasteiger partial charge in [0.25, 0.3) is 0 Å². The van der Waals surface area contributed by atoms with Crippen molar-refractivity contribution >= 4 is 28.8 Å². The summed E-state index contributed by atoms with van der Waals surface area (Å²) in [5.74, 6) is -2.41. The molecule has 0 saturated carbocycles. The molecule has 3 amide bonds. The Morgan fingerprint density at radius 2 is 2.06 bits per heavy atom. The first-order valence-electron chi connectivity index (χ1n) is 11.3. The van der Waals surface area contributed by atoms with E-state index in [-0.39, 0.29) is 31.6 Å². The van der Waals surface area contributed by atoms with Crippen molar-refractivity contribution in [2.45, 2.75) is 50.1 Å². The molecular weight excluding hydrogens is 428 g/mol. The van der Waals surface area contributed by atoms with E-state index in [0.717, 1.165) is 5.52 Å². The second-order valence-electron chi connectivity index (χ2n) is 8.98. The zero-order valence-electron chi connectivity index (χ0n) is 18.7. The number of amides is 3. The number of β-amino-alcohol motifs (C(OH)–C–C–N with tert-alkyl or cyclic N) is 1. The molecule has 3 fully saturated rings. The molecule has 11 nitrogen and oxygen atoms in total. The summed E-state index contributed by atoms with van der Waals surface area (Å²) in [4.78, 5) is 41.3. The van der Waals surface area contributed by atoms with E-state index < -0.39 is 35.0 Å². The molecule has 2 unspecified atom stereocenters. The van der Waals surface area contributed by atoms with Crippen molar-refractivity contribution in [3.63, 3.8) is 0 Å². The van der Waals surface area contributed by atoms with E-state index >= 15 is 0 Å². The van der Waals surface area contributed by atoms with Crippen molar-refractivity contribution in [1.29, 1.82) is 0 Å². The molecule has 3 aliphatic heterocycles. The van der Waals surface area contributed by atoms with Crippen LogP contribution in [-0.4, -0.2) is 80.2 Å². The Morgan fingerprint density at radius 3 is 2.79 bits per heavy atom. The zero-order valence-corrected chi connectivity index (χ0v) is 18.7. The highest BCUT2D eigenvalue weighted by Crippen LogP contribution is 2.64. The Labute approximate surface area is 190 Å². The van der Waals surface area contributed by atoms with Gasteiger partial charge in [-0.1, -0.05) is 24.3 Å². The molecule has 11 heteroatoms. The summed E-state index contributed by atoms with van der Waals surface area (Å²) in [6, 6.07) is 6.46. The summed E-state index contributed by atoms with van der Waals surface area (Å²) in [6.45, 7) is 1.70. The lowest BCUT2D eigenvalue weighted by Gasteiger charge is -2.33. The van der Waals surface area contributed by atoms with Gasteiger partial charge < -0.3 is 25.4 Å². The molecule has 176 valence electrons. The standard InChI is InChI=1S/C22H28N6O5/c1-3-21-8-9-22(33-21)16(15(21)18(30)23-2)20(32)27(10-11-29)17(22)19(31)24-12-28-14-7-5-4-6-13(14)25-26-28/h4-7,15-17,29H,3,8-12H2,1-2H3,(H,23,30)(H,24,31)/t15-,16-,17?,21+,22?/m0/s1. The van der Waals surface area contributed by atoms with Crippen LogP contribution in [-0.2, 0) is 25.8 Å². The summed E-state index contributed by atoms with van der Waals surface area (Å²) >= 11 is 0. The fourth-order valence-electron chi connectivity index (χ4n) is 6.20. The Balaban J connectivity index is 1.47. The molecular formula is C22H28N6O5. The lowest BCUT2D eigenvalue weighted by molar-refractivity contribution is -0.148. The van der Waals surface area contributed by atoms with Crippen LogP contribution < -0.4 is 10.6 Å².